The first-order valence-electron chi connectivity index (χ1n) is 5.94. The van der Waals surface area contributed by atoms with Crippen molar-refractivity contribution in [2.45, 2.75) is 13.8 Å². The molecule has 0 radical (unpaired) electrons. The summed E-state index contributed by atoms with van der Waals surface area (Å²) in [5.41, 5.74) is 4.57. The zero-order chi connectivity index (χ0) is 13.1. The van der Waals surface area contributed by atoms with Crippen LogP contribution in [-0.2, 0) is 0 Å². The molecule has 2 heteroatoms. The summed E-state index contributed by atoms with van der Waals surface area (Å²) in [5, 5.41) is 0. The highest BCUT2D eigenvalue weighted by molar-refractivity contribution is 5.72. The van der Waals surface area contributed by atoms with Crippen molar-refractivity contribution in [2.75, 3.05) is 14.2 Å². The molecule has 2 rings (SSSR count). The molecule has 0 N–H and O–H groups in total. The molecule has 94 valence electrons. The molecule has 0 fully saturated rings. The maximum Gasteiger partial charge on any atom is 0.126 e. The Morgan fingerprint density at radius 1 is 0.778 bits per heavy atom. The fourth-order valence-electron chi connectivity index (χ4n) is 2.06. The smallest absolute Gasteiger partial charge is 0.126 e. The molecule has 0 amide bonds. The van der Waals surface area contributed by atoms with Gasteiger partial charge in [0.15, 0.2) is 0 Å². The molecule has 0 unspecified atom stereocenters. The maximum atomic E-state index is 5.45. The average Bonchev–Trinajstić information content (AvgIpc) is 2.37. The summed E-state index contributed by atoms with van der Waals surface area (Å²) in [5.74, 6) is 1.76. The first-order valence-corrected chi connectivity index (χ1v) is 5.94. The molecule has 0 atom stereocenters. The summed E-state index contributed by atoms with van der Waals surface area (Å²) in [6.07, 6.45) is 0. The van der Waals surface area contributed by atoms with Gasteiger partial charge in [0.25, 0.3) is 0 Å². The third kappa shape index (κ3) is 2.48. The molecule has 2 aromatic rings. The monoisotopic (exact) mass is 242 g/mol. The molecule has 2 nitrogen and oxygen atoms in total. The van der Waals surface area contributed by atoms with Crippen LogP contribution in [0.15, 0.2) is 36.4 Å². The van der Waals surface area contributed by atoms with E-state index in [2.05, 4.69) is 32.0 Å². The predicted molar refractivity (Wildman–Crippen MR) is 74.5 cm³/mol. The maximum absolute atomic E-state index is 5.45. The van der Waals surface area contributed by atoms with Crippen LogP contribution in [0.2, 0.25) is 0 Å². The van der Waals surface area contributed by atoms with Gasteiger partial charge >= 0.3 is 0 Å². The lowest BCUT2D eigenvalue weighted by Crippen LogP contribution is -1.91. The van der Waals surface area contributed by atoms with E-state index in [0.717, 1.165) is 22.6 Å². The molecule has 0 aliphatic heterocycles. The third-order valence-electron chi connectivity index (χ3n) is 2.95. The van der Waals surface area contributed by atoms with Gasteiger partial charge in [-0.1, -0.05) is 18.2 Å². The molecule has 0 aliphatic carbocycles. The van der Waals surface area contributed by atoms with Crippen molar-refractivity contribution in [3.05, 3.63) is 47.5 Å². The van der Waals surface area contributed by atoms with E-state index in [1.54, 1.807) is 14.2 Å². The molecular weight excluding hydrogens is 224 g/mol. The van der Waals surface area contributed by atoms with Crippen molar-refractivity contribution in [1.82, 2.24) is 0 Å². The zero-order valence-electron chi connectivity index (χ0n) is 11.3. The van der Waals surface area contributed by atoms with Gasteiger partial charge in [-0.2, -0.15) is 0 Å². The Kier molecular flexibility index (Phi) is 3.56. The quantitative estimate of drug-likeness (QED) is 0.810. The number of hydrogen-bond donors (Lipinski definition) is 0. The topological polar surface area (TPSA) is 18.5 Å². The van der Waals surface area contributed by atoms with Gasteiger partial charge in [-0.3, -0.25) is 0 Å². The Morgan fingerprint density at radius 2 is 1.56 bits per heavy atom. The van der Waals surface area contributed by atoms with Gasteiger partial charge in [-0.05, 0) is 48.7 Å². The first-order chi connectivity index (χ1) is 8.63. The number of hydrogen-bond acceptors (Lipinski definition) is 2. The molecule has 0 saturated carbocycles. The summed E-state index contributed by atoms with van der Waals surface area (Å²) in [6, 6.07) is 12.4. The largest absolute Gasteiger partial charge is 0.497 e. The number of benzene rings is 2. The minimum atomic E-state index is 0.868. The van der Waals surface area contributed by atoms with Gasteiger partial charge in [-0.15, -0.1) is 0 Å². The van der Waals surface area contributed by atoms with Gasteiger partial charge in [0.05, 0.1) is 14.2 Å². The van der Waals surface area contributed by atoms with E-state index in [9.17, 15) is 0 Å². The lowest BCUT2D eigenvalue weighted by atomic mass is 10.0. The van der Waals surface area contributed by atoms with E-state index in [1.807, 2.05) is 18.2 Å². The molecule has 0 spiro atoms. The summed E-state index contributed by atoms with van der Waals surface area (Å²) in [6.45, 7) is 4.12. The van der Waals surface area contributed by atoms with Crippen molar-refractivity contribution < 1.29 is 9.47 Å². The molecule has 0 heterocycles. The van der Waals surface area contributed by atoms with E-state index in [-0.39, 0.29) is 0 Å². The highest BCUT2D eigenvalue weighted by atomic mass is 16.5. The van der Waals surface area contributed by atoms with Crippen LogP contribution in [0, 0.1) is 13.8 Å². The lowest BCUT2D eigenvalue weighted by Gasteiger charge is -2.11. The van der Waals surface area contributed by atoms with Crippen LogP contribution < -0.4 is 9.47 Å². The van der Waals surface area contributed by atoms with Crippen LogP contribution in [-0.4, -0.2) is 14.2 Å². The second kappa shape index (κ2) is 5.13. The van der Waals surface area contributed by atoms with E-state index < -0.39 is 0 Å². The minimum Gasteiger partial charge on any atom is -0.497 e. The highest BCUT2D eigenvalue weighted by Gasteiger charge is 2.08. The second-order valence-electron chi connectivity index (χ2n) is 4.44. The SMILES string of the molecule is COc1cc(C)cc(-c2ccc(C)cc2OC)c1. The van der Waals surface area contributed by atoms with Crippen LogP contribution >= 0.6 is 0 Å². The minimum absolute atomic E-state index is 0.868. The van der Waals surface area contributed by atoms with Crippen molar-refractivity contribution in [2.24, 2.45) is 0 Å². The molecule has 2 aromatic carbocycles. The average molecular weight is 242 g/mol. The number of rotatable bonds is 3. The van der Waals surface area contributed by atoms with Crippen molar-refractivity contribution in [3.8, 4) is 22.6 Å². The summed E-state index contributed by atoms with van der Waals surface area (Å²) in [4.78, 5) is 0. The molecule has 0 bridgehead atoms. The number of methoxy groups -OCH3 is 2. The van der Waals surface area contributed by atoms with Crippen molar-refractivity contribution in [3.63, 3.8) is 0 Å². The highest BCUT2D eigenvalue weighted by Crippen LogP contribution is 2.33. The normalized spacial score (nSPS) is 10.2. The zero-order valence-corrected chi connectivity index (χ0v) is 11.3. The van der Waals surface area contributed by atoms with Crippen LogP contribution in [0.25, 0.3) is 11.1 Å². The van der Waals surface area contributed by atoms with Crippen LogP contribution in [0.4, 0.5) is 0 Å². The van der Waals surface area contributed by atoms with Crippen LogP contribution in [0.5, 0.6) is 11.5 Å². The summed E-state index contributed by atoms with van der Waals surface area (Å²) >= 11 is 0. The Morgan fingerprint density at radius 3 is 2.22 bits per heavy atom. The fourth-order valence-corrected chi connectivity index (χ4v) is 2.06. The van der Waals surface area contributed by atoms with E-state index in [0.29, 0.717) is 0 Å². The van der Waals surface area contributed by atoms with Crippen LogP contribution in [0.1, 0.15) is 11.1 Å². The van der Waals surface area contributed by atoms with Crippen LogP contribution in [0.3, 0.4) is 0 Å². The second-order valence-corrected chi connectivity index (χ2v) is 4.44. The predicted octanol–water partition coefficient (Wildman–Crippen LogP) is 3.99. The standard InChI is InChI=1S/C16H18O2/c1-11-5-6-15(16(9-11)18-4)13-7-12(2)8-14(10-13)17-3/h5-10H,1-4H3. The third-order valence-corrected chi connectivity index (χ3v) is 2.95. The van der Waals surface area contributed by atoms with E-state index in [4.69, 9.17) is 9.47 Å². The molecule has 0 aromatic heterocycles. The van der Waals surface area contributed by atoms with Gasteiger partial charge in [0.2, 0.25) is 0 Å². The van der Waals surface area contributed by atoms with Crippen molar-refractivity contribution >= 4 is 0 Å². The van der Waals surface area contributed by atoms with Gasteiger partial charge in [0.1, 0.15) is 11.5 Å². The van der Waals surface area contributed by atoms with Gasteiger partial charge < -0.3 is 9.47 Å². The molecular formula is C16H18O2. The first kappa shape index (κ1) is 12.5. The van der Waals surface area contributed by atoms with Gasteiger partial charge in [-0.25, -0.2) is 0 Å². The Hall–Kier alpha value is -1.96. The Labute approximate surface area is 108 Å². The lowest BCUT2D eigenvalue weighted by molar-refractivity contribution is 0.413. The fraction of sp³-hybridized carbons (Fsp3) is 0.250. The Balaban J connectivity index is 2.57. The summed E-state index contributed by atoms with van der Waals surface area (Å²) in [7, 11) is 3.39. The molecule has 0 saturated heterocycles. The van der Waals surface area contributed by atoms with E-state index >= 15 is 0 Å². The van der Waals surface area contributed by atoms with Gasteiger partial charge in [0, 0.05) is 5.56 Å². The molecule has 0 aliphatic rings. The number of aryl methyl sites for hydroxylation is 2. The molecule has 18 heavy (non-hydrogen) atoms. The number of ether oxygens (including phenoxy) is 2. The summed E-state index contributed by atoms with van der Waals surface area (Å²) < 4.78 is 10.8. The van der Waals surface area contributed by atoms with Crippen molar-refractivity contribution in [1.29, 1.82) is 0 Å². The Bertz CT molecular complexity index is 559. The van der Waals surface area contributed by atoms with E-state index in [1.165, 1.54) is 11.1 Å².